The summed E-state index contributed by atoms with van der Waals surface area (Å²) in [5, 5.41) is 26.1. The van der Waals surface area contributed by atoms with E-state index >= 15 is 0 Å². The number of nitrogens with one attached hydrogen (secondary N) is 1. The molecule has 2 aromatic heterocycles. The van der Waals surface area contributed by atoms with E-state index in [4.69, 9.17) is 25.4 Å². The van der Waals surface area contributed by atoms with E-state index in [0.29, 0.717) is 0 Å². The summed E-state index contributed by atoms with van der Waals surface area (Å²) in [5.74, 6) is -1.49. The number of ketones is 1. The van der Waals surface area contributed by atoms with Crippen molar-refractivity contribution in [2.24, 2.45) is 5.11 Å². The van der Waals surface area contributed by atoms with Crippen molar-refractivity contribution in [2.45, 2.75) is 24.0 Å². The quantitative estimate of drug-likeness (QED) is 0.0562. The van der Waals surface area contributed by atoms with Gasteiger partial charge < -0.3 is 20.7 Å². The van der Waals surface area contributed by atoms with Gasteiger partial charge in [0.15, 0.2) is 28.8 Å². The van der Waals surface area contributed by atoms with E-state index in [1.165, 1.54) is 12.1 Å². The van der Waals surface area contributed by atoms with Crippen molar-refractivity contribution in [1.29, 1.82) is 0 Å². The molecule has 7 N–H and O–H groups in total. The Balaban J connectivity index is 1.69. The molecule has 1 saturated heterocycles. The van der Waals surface area contributed by atoms with Crippen LogP contribution in [0.3, 0.4) is 0 Å². The third kappa shape index (κ3) is 6.22. The number of nitrogen functional groups attached to an aromatic ring is 1. The summed E-state index contributed by atoms with van der Waals surface area (Å²) >= 11 is 0. The number of nitrogens with two attached hydrogens (primary N) is 1. The minimum absolute atomic E-state index is 0.116. The van der Waals surface area contributed by atoms with Gasteiger partial charge in [0.05, 0.1) is 6.33 Å². The second kappa shape index (κ2) is 11.8. The van der Waals surface area contributed by atoms with Crippen LogP contribution in [0.15, 0.2) is 40.5 Å². The summed E-state index contributed by atoms with van der Waals surface area (Å²) in [6, 6.07) is 4.80. The van der Waals surface area contributed by atoms with Gasteiger partial charge in [-0.2, -0.15) is 4.98 Å². The molecule has 3 heterocycles. The number of anilines is 1. The van der Waals surface area contributed by atoms with E-state index in [9.17, 15) is 38.4 Å². The van der Waals surface area contributed by atoms with E-state index in [0.717, 1.165) is 23.0 Å². The number of aromatic amines is 1. The lowest BCUT2D eigenvalue weighted by atomic mass is 9.84. The van der Waals surface area contributed by atoms with Gasteiger partial charge >= 0.3 is 24.3 Å². The Hall–Kier alpha value is -3.54. The zero-order valence-corrected chi connectivity index (χ0v) is 22.6. The van der Waals surface area contributed by atoms with Gasteiger partial charge in [0.1, 0.15) is 18.8 Å². The maximum absolute atomic E-state index is 13.5. The second-order valence-electron chi connectivity index (χ2n) is 8.02. The van der Waals surface area contributed by atoms with Crippen LogP contribution in [-0.4, -0.2) is 69.7 Å². The maximum atomic E-state index is 13.5. The first-order valence-electron chi connectivity index (χ1n) is 10.7. The number of phosphoric acid groups is 1. The van der Waals surface area contributed by atoms with E-state index in [1.807, 2.05) is 0 Å². The number of azide groups is 1. The summed E-state index contributed by atoms with van der Waals surface area (Å²) in [6.07, 6.45) is -4.73. The van der Waals surface area contributed by atoms with E-state index < -0.39 is 66.3 Å². The summed E-state index contributed by atoms with van der Waals surface area (Å²) < 4.78 is 53.6. The first-order chi connectivity index (χ1) is 19.3. The zero-order chi connectivity index (χ0) is 30.1. The molecule has 3 aromatic rings. The third-order valence-corrected chi connectivity index (χ3v) is 8.67. The van der Waals surface area contributed by atoms with E-state index in [1.54, 1.807) is 0 Å². The molecule has 216 valence electrons. The Morgan fingerprint density at radius 1 is 1.34 bits per heavy atom. The number of rotatable bonds is 11. The highest BCUT2D eigenvalue weighted by molar-refractivity contribution is 7.61. The number of aliphatic hydroxyl groups is 2. The minimum Gasteiger partial charge on any atom is -0.385 e. The number of hydrogen-bond donors (Lipinski definition) is 6. The number of aliphatic hydroxyl groups excluding tert-OH is 1. The predicted molar refractivity (Wildman–Crippen MR) is 132 cm³/mol. The molecule has 0 spiro atoms. The molecule has 1 fully saturated rings. The van der Waals surface area contributed by atoms with Gasteiger partial charge in [0, 0.05) is 33.9 Å². The van der Waals surface area contributed by atoms with E-state index in [-0.39, 0.29) is 28.4 Å². The molecule has 0 bridgehead atoms. The molecule has 7 atom stereocenters. The molecule has 24 heteroatoms. The van der Waals surface area contributed by atoms with E-state index in [2.05, 4.69) is 33.6 Å². The molecule has 1 aromatic carbocycles. The Bertz CT molecular complexity index is 1690. The van der Waals surface area contributed by atoms with Crippen LogP contribution in [0.1, 0.15) is 16.6 Å². The van der Waals surface area contributed by atoms with Crippen molar-refractivity contribution in [3.05, 3.63) is 57.0 Å². The number of aromatic nitrogens is 4. The molecular weight excluding hydrogens is 617 g/mol. The highest BCUT2D eigenvalue weighted by atomic mass is 31.3. The number of ether oxygens (including phenoxy) is 1. The topological polar surface area (TPSA) is 324 Å². The molecule has 1 aliphatic heterocycles. The summed E-state index contributed by atoms with van der Waals surface area (Å²) in [4.78, 5) is 56.3. The Kier molecular flexibility index (Phi) is 8.72. The zero-order valence-electron chi connectivity index (χ0n) is 19.9. The maximum Gasteiger partial charge on any atom is 0.708 e. The molecule has 0 amide bonds. The minimum atomic E-state index is -5.34. The summed E-state index contributed by atoms with van der Waals surface area (Å²) in [7, 11) is -12.6. The fourth-order valence-corrected chi connectivity index (χ4v) is 6.06. The number of fused-ring (bicyclic) bond motifs is 1. The predicted octanol–water partition coefficient (Wildman–Crippen LogP) is 0.973. The molecule has 3 unspecified atom stereocenters. The molecule has 1 aliphatic rings. The molecular formula is C17H17N8O13P3+2. The average Bonchev–Trinajstić information content (AvgIpc) is 3.41. The van der Waals surface area contributed by atoms with Gasteiger partial charge in [-0.05, 0) is 5.53 Å². The van der Waals surface area contributed by atoms with Crippen molar-refractivity contribution in [3.8, 4) is 0 Å². The van der Waals surface area contributed by atoms with Crippen molar-refractivity contribution < 1.29 is 56.4 Å². The van der Waals surface area contributed by atoms with Crippen LogP contribution in [0.4, 0.5) is 11.6 Å². The largest absolute Gasteiger partial charge is 0.708 e. The van der Waals surface area contributed by atoms with Gasteiger partial charge in [-0.1, -0.05) is 29.4 Å². The molecule has 0 saturated carbocycles. The highest BCUT2D eigenvalue weighted by Gasteiger charge is 2.62. The van der Waals surface area contributed by atoms with Crippen molar-refractivity contribution in [2.75, 3.05) is 12.3 Å². The fourth-order valence-electron chi connectivity index (χ4n) is 3.85. The molecule has 4 rings (SSSR count). The molecule has 41 heavy (non-hydrogen) atoms. The standard InChI is InChI=1S/C17H15N8O13P3/c18-16-21-13-10(14(28)22-16)20-6-25(13)15-12(27)17(29,11(26)7-1-3-8(4-2-7)23-24-19)9(36-15)5-35-40(32)38-41(33,34)37-39(30)31/h1-4,6,9,12,15,27,29H,5H2,(H3-2,18,21,22,28,30,31,33,34)/p+2/t9-,12+,15-,17+/m1/s1. The number of nitrogens with zero attached hydrogens (tertiary/aromatic N) is 6. The van der Waals surface area contributed by atoms with Crippen LogP contribution in [0, 0.1) is 0 Å². The number of carbonyl (C=O) groups excluding carboxylic acids is 1. The lowest BCUT2D eigenvalue weighted by Gasteiger charge is -2.28. The van der Waals surface area contributed by atoms with Gasteiger partial charge in [-0.15, -0.1) is 9.42 Å². The van der Waals surface area contributed by atoms with Gasteiger partial charge in [-0.3, -0.25) is 24.0 Å². The smallest absolute Gasteiger partial charge is 0.385 e. The number of hydrogen-bond acceptors (Lipinski definition) is 15. The Labute approximate surface area is 227 Å². The summed E-state index contributed by atoms with van der Waals surface area (Å²) in [5.41, 5.74) is 9.97. The van der Waals surface area contributed by atoms with Crippen LogP contribution >= 0.6 is 24.3 Å². The van der Waals surface area contributed by atoms with Crippen molar-refractivity contribution >= 4 is 52.9 Å². The Morgan fingerprint density at radius 3 is 2.66 bits per heavy atom. The number of Topliss-reactive ketones (excluding diaryl/α,β-unsaturated/α-hetero) is 1. The number of H-pyrrole nitrogens is 1. The summed E-state index contributed by atoms with van der Waals surface area (Å²) in [6.45, 7) is -1.05. The van der Waals surface area contributed by atoms with Crippen molar-refractivity contribution in [3.63, 3.8) is 0 Å². The van der Waals surface area contributed by atoms with Crippen LogP contribution in [-0.2, 0) is 31.6 Å². The van der Waals surface area contributed by atoms with Crippen LogP contribution in [0.5, 0.6) is 0 Å². The number of benzene rings is 1. The van der Waals surface area contributed by atoms with Gasteiger partial charge in [0.25, 0.3) is 5.56 Å². The fraction of sp³-hybridized carbons (Fsp3) is 0.294. The van der Waals surface area contributed by atoms with Crippen molar-refractivity contribution in [1.82, 2.24) is 19.5 Å². The third-order valence-electron chi connectivity index (χ3n) is 5.57. The first kappa shape index (κ1) is 30.4. The van der Waals surface area contributed by atoms with Crippen LogP contribution in [0.2, 0.25) is 0 Å². The normalized spacial score (nSPS) is 24.4. The number of imidazole rings is 1. The molecule has 0 aliphatic carbocycles. The Morgan fingerprint density at radius 2 is 2.02 bits per heavy atom. The molecule has 0 radical (unpaired) electrons. The average molecular weight is 634 g/mol. The van der Waals surface area contributed by atoms with Gasteiger partial charge in [-0.25, -0.2) is 9.55 Å². The highest BCUT2D eigenvalue weighted by Crippen LogP contribution is 2.57. The SMILES string of the molecule is [N-]=[N+]=Nc1ccc(C(=O)[C@@]2(O)[C@@H](CO[P+](=O)OP(=O)(O)O[P+](=O)O)O[C@@H](n3cnc4c(=O)[nH]c(N)nc43)[C@@H]2O)cc1. The second-order valence-corrected chi connectivity index (χ2v) is 11.4. The first-order valence-corrected chi connectivity index (χ1v) is 14.5. The van der Waals surface area contributed by atoms with Crippen LogP contribution in [0.25, 0.3) is 21.6 Å². The molecule has 21 nitrogen and oxygen atoms in total. The number of carbonyl (C=O) groups is 1. The lowest BCUT2D eigenvalue weighted by Crippen LogP contribution is -2.55. The van der Waals surface area contributed by atoms with Crippen LogP contribution < -0.4 is 11.3 Å². The van der Waals surface area contributed by atoms with Gasteiger partial charge in [0.2, 0.25) is 5.95 Å². The lowest BCUT2D eigenvalue weighted by molar-refractivity contribution is -0.0657. The monoisotopic (exact) mass is 634 g/mol.